The monoisotopic (exact) mass is 333 g/mol. The minimum atomic E-state index is -1.49. The number of nitrogens with zero attached hydrogens (tertiary/aromatic N) is 2. The van der Waals surface area contributed by atoms with Crippen molar-refractivity contribution in [1.29, 1.82) is 0 Å². The summed E-state index contributed by atoms with van der Waals surface area (Å²) in [5.74, 6) is -3.39. The van der Waals surface area contributed by atoms with E-state index in [4.69, 9.17) is 0 Å². The number of non-ortho nitro benzene ring substituents is 1. The maximum atomic E-state index is 12.4. The Bertz CT molecular complexity index is 700. The number of aliphatic carboxylic acids is 1. The first-order valence-corrected chi connectivity index (χ1v) is 7.60. The molecule has 0 unspecified atom stereocenters. The van der Waals surface area contributed by atoms with Crippen LogP contribution in [0.4, 0.5) is 11.4 Å². The van der Waals surface area contributed by atoms with Gasteiger partial charge in [-0.15, -0.1) is 0 Å². The van der Waals surface area contributed by atoms with E-state index in [1.807, 2.05) is 0 Å². The predicted molar refractivity (Wildman–Crippen MR) is 82.2 cm³/mol. The zero-order valence-electron chi connectivity index (χ0n) is 13.2. The maximum absolute atomic E-state index is 12.4. The average molecular weight is 333 g/mol. The molecule has 1 atom stereocenters. The molecule has 1 aliphatic heterocycles. The molecule has 1 aliphatic rings. The molecule has 0 saturated heterocycles. The van der Waals surface area contributed by atoms with E-state index in [0.29, 0.717) is 30.5 Å². The van der Waals surface area contributed by atoms with Crippen molar-refractivity contribution in [3.8, 4) is 0 Å². The summed E-state index contributed by atoms with van der Waals surface area (Å²) in [7, 11) is 0. The highest BCUT2D eigenvalue weighted by atomic mass is 16.6. The molecule has 0 fully saturated rings. The van der Waals surface area contributed by atoms with E-state index in [2.05, 4.69) is 0 Å². The molecule has 0 aliphatic carbocycles. The van der Waals surface area contributed by atoms with Crippen LogP contribution in [-0.2, 0) is 20.8 Å². The lowest BCUT2D eigenvalue weighted by molar-refractivity contribution is -0.384. The van der Waals surface area contributed by atoms with E-state index in [-0.39, 0.29) is 24.4 Å². The molecule has 0 N–H and O–H groups in total. The minimum Gasteiger partial charge on any atom is -0.549 e. The molecular formula is C16H17N2O6-. The first kappa shape index (κ1) is 17.6. The van der Waals surface area contributed by atoms with Crippen LogP contribution in [0.3, 0.4) is 0 Å². The SMILES string of the molecule is CC(=O)CCCCN1C(=O)[C@@H](C(=O)[O-])Cc2cc([N+](=O)[O-])ccc21. The second-order valence-corrected chi connectivity index (χ2v) is 5.79. The van der Waals surface area contributed by atoms with Gasteiger partial charge in [0.15, 0.2) is 0 Å². The number of fused-ring (bicyclic) bond motifs is 1. The molecule has 1 heterocycles. The van der Waals surface area contributed by atoms with Crippen molar-refractivity contribution in [2.24, 2.45) is 5.92 Å². The van der Waals surface area contributed by atoms with Crippen molar-refractivity contribution in [3.63, 3.8) is 0 Å². The van der Waals surface area contributed by atoms with Gasteiger partial charge in [0.2, 0.25) is 5.91 Å². The van der Waals surface area contributed by atoms with Crippen molar-refractivity contribution in [1.82, 2.24) is 0 Å². The zero-order chi connectivity index (χ0) is 17.9. The van der Waals surface area contributed by atoms with Gasteiger partial charge in [0.25, 0.3) is 5.69 Å². The van der Waals surface area contributed by atoms with Crippen molar-refractivity contribution in [2.45, 2.75) is 32.6 Å². The van der Waals surface area contributed by atoms with Crippen LogP contribution in [0.5, 0.6) is 0 Å². The van der Waals surface area contributed by atoms with E-state index in [0.717, 1.165) is 0 Å². The number of carbonyl (C=O) groups is 3. The number of Topliss-reactive ketones (excluding diaryl/α,β-unsaturated/α-hetero) is 1. The normalized spacial score (nSPS) is 16.6. The number of hydrogen-bond donors (Lipinski definition) is 0. The summed E-state index contributed by atoms with van der Waals surface area (Å²) in [6.45, 7) is 1.73. The number of benzene rings is 1. The largest absolute Gasteiger partial charge is 0.549 e. The number of anilines is 1. The number of carbonyl (C=O) groups excluding carboxylic acids is 3. The van der Waals surface area contributed by atoms with Gasteiger partial charge in [0.1, 0.15) is 5.78 Å². The maximum Gasteiger partial charge on any atom is 0.269 e. The Kier molecular flexibility index (Phi) is 5.28. The molecule has 0 bridgehead atoms. The highest BCUT2D eigenvalue weighted by Crippen LogP contribution is 2.33. The number of carboxylic acid groups (broad SMARTS) is 1. The first-order chi connectivity index (χ1) is 11.3. The number of amides is 1. The highest BCUT2D eigenvalue weighted by Gasteiger charge is 2.34. The zero-order valence-corrected chi connectivity index (χ0v) is 13.2. The van der Waals surface area contributed by atoms with Crippen LogP contribution in [0.25, 0.3) is 0 Å². The summed E-state index contributed by atoms with van der Waals surface area (Å²) >= 11 is 0. The van der Waals surface area contributed by atoms with Gasteiger partial charge >= 0.3 is 0 Å². The topological polar surface area (TPSA) is 121 Å². The average Bonchev–Trinajstić information content (AvgIpc) is 2.51. The molecule has 1 aromatic rings. The molecule has 24 heavy (non-hydrogen) atoms. The quantitative estimate of drug-likeness (QED) is 0.312. The molecule has 0 spiro atoms. The van der Waals surface area contributed by atoms with Crippen molar-refractivity contribution < 1.29 is 24.4 Å². The van der Waals surface area contributed by atoms with Crippen molar-refractivity contribution in [2.75, 3.05) is 11.4 Å². The lowest BCUT2D eigenvalue weighted by Crippen LogP contribution is -2.49. The van der Waals surface area contributed by atoms with E-state index in [1.165, 1.54) is 30.0 Å². The molecule has 1 aromatic carbocycles. The molecule has 0 radical (unpaired) electrons. The summed E-state index contributed by atoms with van der Waals surface area (Å²) in [5.41, 5.74) is 0.757. The number of rotatable bonds is 7. The Morgan fingerprint density at radius 2 is 2.04 bits per heavy atom. The van der Waals surface area contributed by atoms with Crippen LogP contribution in [0.2, 0.25) is 0 Å². The van der Waals surface area contributed by atoms with Gasteiger partial charge < -0.3 is 19.6 Å². The van der Waals surface area contributed by atoms with Gasteiger partial charge in [-0.25, -0.2) is 0 Å². The Morgan fingerprint density at radius 1 is 1.33 bits per heavy atom. The third-order valence-electron chi connectivity index (χ3n) is 4.00. The lowest BCUT2D eigenvalue weighted by atomic mass is 9.91. The third-order valence-corrected chi connectivity index (χ3v) is 4.00. The standard InChI is InChI=1S/C16H18N2O6/c1-10(19)4-2-3-7-17-14-6-5-12(18(23)24)8-11(14)9-13(15(17)20)16(21)22/h5-6,8,13H,2-4,7,9H2,1H3,(H,21,22)/p-1/t13-/m0/s1. The fraction of sp³-hybridized carbons (Fsp3) is 0.438. The Balaban J connectivity index is 2.27. The number of carboxylic acids is 1. The van der Waals surface area contributed by atoms with Gasteiger partial charge in [-0.1, -0.05) is 0 Å². The number of hydrogen-bond acceptors (Lipinski definition) is 6. The van der Waals surface area contributed by atoms with Gasteiger partial charge in [0.05, 0.1) is 16.8 Å². The van der Waals surface area contributed by atoms with Crippen molar-refractivity contribution >= 4 is 29.0 Å². The first-order valence-electron chi connectivity index (χ1n) is 7.60. The van der Waals surface area contributed by atoms with Crippen LogP contribution in [-0.4, -0.2) is 29.1 Å². The highest BCUT2D eigenvalue weighted by molar-refractivity contribution is 6.07. The molecule has 0 saturated carbocycles. The second kappa shape index (κ2) is 7.20. The third kappa shape index (κ3) is 3.76. The molecule has 8 heteroatoms. The van der Waals surface area contributed by atoms with Crippen molar-refractivity contribution in [3.05, 3.63) is 33.9 Å². The number of nitro benzene ring substituents is 1. The molecule has 128 valence electrons. The molecule has 8 nitrogen and oxygen atoms in total. The lowest BCUT2D eigenvalue weighted by Gasteiger charge is -2.34. The molecule has 1 amide bonds. The second-order valence-electron chi connectivity index (χ2n) is 5.79. The van der Waals surface area contributed by atoms with E-state index < -0.39 is 22.7 Å². The minimum absolute atomic E-state index is 0.0450. The van der Waals surface area contributed by atoms with Crippen LogP contribution in [0.1, 0.15) is 31.7 Å². The van der Waals surface area contributed by atoms with E-state index >= 15 is 0 Å². The van der Waals surface area contributed by atoms with E-state index in [1.54, 1.807) is 0 Å². The van der Waals surface area contributed by atoms with Gasteiger partial charge in [-0.2, -0.15) is 0 Å². The van der Waals surface area contributed by atoms with Crippen LogP contribution in [0.15, 0.2) is 18.2 Å². The summed E-state index contributed by atoms with van der Waals surface area (Å²) in [4.78, 5) is 46.2. The Hall–Kier alpha value is -2.77. The molecular weight excluding hydrogens is 316 g/mol. The molecule has 0 aromatic heterocycles. The van der Waals surface area contributed by atoms with Crippen LogP contribution in [0, 0.1) is 16.0 Å². The number of unbranched alkanes of at least 4 members (excludes halogenated alkanes) is 1. The summed E-state index contributed by atoms with van der Waals surface area (Å²) in [6, 6.07) is 4.04. The Morgan fingerprint density at radius 3 is 2.62 bits per heavy atom. The fourth-order valence-corrected chi connectivity index (χ4v) is 2.79. The van der Waals surface area contributed by atoms with Crippen LogP contribution >= 0.6 is 0 Å². The predicted octanol–water partition coefficient (Wildman–Crippen LogP) is 0.609. The number of nitro groups is 1. The van der Waals surface area contributed by atoms with Gasteiger partial charge in [0, 0.05) is 30.8 Å². The summed E-state index contributed by atoms with van der Waals surface area (Å²) in [6.07, 6.45) is 1.38. The van der Waals surface area contributed by atoms with E-state index in [9.17, 15) is 29.6 Å². The number of ketones is 1. The van der Waals surface area contributed by atoms with Gasteiger partial charge in [-0.3, -0.25) is 14.9 Å². The fourth-order valence-electron chi connectivity index (χ4n) is 2.79. The Labute approximate surface area is 138 Å². The van der Waals surface area contributed by atoms with Crippen LogP contribution < -0.4 is 10.0 Å². The molecule has 2 rings (SSSR count). The summed E-state index contributed by atoms with van der Waals surface area (Å²) in [5, 5.41) is 22.1. The summed E-state index contributed by atoms with van der Waals surface area (Å²) < 4.78 is 0. The smallest absolute Gasteiger partial charge is 0.269 e. The van der Waals surface area contributed by atoms with Gasteiger partial charge in [-0.05, 0) is 37.8 Å².